The van der Waals surface area contributed by atoms with E-state index in [4.69, 9.17) is 0 Å². The van der Waals surface area contributed by atoms with Crippen LogP contribution in [0.4, 0.5) is 10.5 Å². The van der Waals surface area contributed by atoms with E-state index in [0.717, 1.165) is 61.4 Å². The Bertz CT molecular complexity index is 746. The van der Waals surface area contributed by atoms with E-state index in [0.29, 0.717) is 0 Å². The molecule has 150 valence electrons. The van der Waals surface area contributed by atoms with Crippen molar-refractivity contribution >= 4 is 29.4 Å². The van der Waals surface area contributed by atoms with Gasteiger partial charge in [0.25, 0.3) is 0 Å². The van der Waals surface area contributed by atoms with E-state index in [1.54, 1.807) is 0 Å². The van der Waals surface area contributed by atoms with E-state index in [2.05, 4.69) is 27.7 Å². The predicted molar refractivity (Wildman–Crippen MR) is 112 cm³/mol. The zero-order valence-corrected chi connectivity index (χ0v) is 17.1. The van der Waals surface area contributed by atoms with Gasteiger partial charge in [-0.3, -0.25) is 10.1 Å². The van der Waals surface area contributed by atoms with Crippen molar-refractivity contribution in [1.82, 2.24) is 10.6 Å². The number of nitrogens with zero attached hydrogens (tertiary/aromatic N) is 1. The van der Waals surface area contributed by atoms with E-state index in [1.165, 1.54) is 24.2 Å². The van der Waals surface area contributed by atoms with Crippen LogP contribution in [0.1, 0.15) is 44.9 Å². The van der Waals surface area contributed by atoms with Crippen LogP contribution >= 0.6 is 11.8 Å². The number of hydrogen-bond donors (Lipinski definition) is 2. The number of para-hydroxylation sites is 1. The first-order valence-corrected chi connectivity index (χ1v) is 11.7. The van der Waals surface area contributed by atoms with E-state index in [-0.39, 0.29) is 24.0 Å². The van der Waals surface area contributed by atoms with Crippen molar-refractivity contribution < 1.29 is 9.59 Å². The van der Waals surface area contributed by atoms with Crippen LogP contribution in [0, 0.1) is 17.8 Å². The Morgan fingerprint density at radius 2 is 1.75 bits per heavy atom. The summed E-state index contributed by atoms with van der Waals surface area (Å²) >= 11 is 1.84. The molecular formula is C22H29N3O2S. The lowest BCUT2D eigenvalue weighted by Crippen LogP contribution is -2.62. The van der Waals surface area contributed by atoms with Crippen LogP contribution in [0.25, 0.3) is 0 Å². The highest BCUT2D eigenvalue weighted by molar-refractivity contribution is 7.99. The fourth-order valence-corrected chi connectivity index (χ4v) is 7.45. The zero-order chi connectivity index (χ0) is 19.1. The van der Waals surface area contributed by atoms with E-state index in [1.807, 2.05) is 23.9 Å². The van der Waals surface area contributed by atoms with Gasteiger partial charge < -0.3 is 10.2 Å². The maximum Gasteiger partial charge on any atom is 0.321 e. The Kier molecular flexibility index (Phi) is 4.77. The molecule has 5 nitrogen and oxygen atoms in total. The summed E-state index contributed by atoms with van der Waals surface area (Å²) in [7, 11) is 0. The Labute approximate surface area is 171 Å². The van der Waals surface area contributed by atoms with Gasteiger partial charge in [0, 0.05) is 17.0 Å². The minimum atomic E-state index is -0.301. The Morgan fingerprint density at radius 1 is 1.07 bits per heavy atom. The monoisotopic (exact) mass is 399 g/mol. The topological polar surface area (TPSA) is 61.4 Å². The molecule has 4 fully saturated rings. The van der Waals surface area contributed by atoms with Crippen LogP contribution in [-0.4, -0.2) is 36.3 Å². The second kappa shape index (κ2) is 7.29. The Morgan fingerprint density at radius 3 is 2.46 bits per heavy atom. The van der Waals surface area contributed by atoms with Crippen LogP contribution in [0.3, 0.4) is 0 Å². The van der Waals surface area contributed by atoms with Crippen molar-refractivity contribution in [1.29, 1.82) is 0 Å². The first-order valence-electron chi connectivity index (χ1n) is 10.7. The first-order chi connectivity index (χ1) is 13.6. The average molecular weight is 400 g/mol. The molecule has 5 aliphatic rings. The van der Waals surface area contributed by atoms with Gasteiger partial charge in [-0.1, -0.05) is 12.1 Å². The number of fused-ring (bicyclic) bond motifs is 1. The highest BCUT2D eigenvalue weighted by Crippen LogP contribution is 2.55. The van der Waals surface area contributed by atoms with Gasteiger partial charge in [-0.25, -0.2) is 4.79 Å². The molecule has 4 saturated carbocycles. The number of carbonyl (C=O) groups excluding carboxylic acids is 2. The molecule has 1 aromatic rings. The van der Waals surface area contributed by atoms with Crippen molar-refractivity contribution in [3.05, 3.63) is 24.3 Å². The highest BCUT2D eigenvalue weighted by atomic mass is 32.2. The smallest absolute Gasteiger partial charge is 0.321 e. The summed E-state index contributed by atoms with van der Waals surface area (Å²) in [5.41, 5.74) is 1.03. The van der Waals surface area contributed by atoms with Gasteiger partial charge >= 0.3 is 6.03 Å². The van der Waals surface area contributed by atoms with Gasteiger partial charge in [0.2, 0.25) is 5.91 Å². The molecule has 1 heterocycles. The second-order valence-electron chi connectivity index (χ2n) is 9.29. The summed E-state index contributed by atoms with van der Waals surface area (Å²) in [6.07, 6.45) is 8.34. The fraction of sp³-hybridized carbons (Fsp3) is 0.636. The highest BCUT2D eigenvalue weighted by Gasteiger charge is 2.51. The van der Waals surface area contributed by atoms with E-state index >= 15 is 0 Å². The molecule has 0 spiro atoms. The Balaban J connectivity index is 1.20. The van der Waals surface area contributed by atoms with Gasteiger partial charge in [-0.05, 0) is 80.6 Å². The van der Waals surface area contributed by atoms with Crippen LogP contribution < -0.4 is 15.5 Å². The van der Waals surface area contributed by atoms with Crippen LogP contribution in [0.2, 0.25) is 0 Å². The lowest BCUT2D eigenvalue weighted by molar-refractivity contribution is -0.118. The van der Waals surface area contributed by atoms with Crippen molar-refractivity contribution in [2.24, 2.45) is 17.8 Å². The number of imide groups is 1. The minimum absolute atomic E-state index is 0.0645. The molecule has 4 bridgehead atoms. The number of carbonyl (C=O) groups is 2. The van der Waals surface area contributed by atoms with Gasteiger partial charge in [0.05, 0.1) is 12.2 Å². The fourth-order valence-electron chi connectivity index (χ4n) is 6.44. The van der Waals surface area contributed by atoms with Crippen molar-refractivity contribution in [2.45, 2.75) is 55.4 Å². The molecule has 4 aliphatic carbocycles. The van der Waals surface area contributed by atoms with Crippen molar-refractivity contribution in [3.8, 4) is 0 Å². The third-order valence-corrected chi connectivity index (χ3v) is 8.19. The lowest BCUT2D eigenvalue weighted by Gasteiger charge is -2.56. The molecule has 3 amide bonds. The SMILES string of the molecule is O=C(CN1CCCSc2ccccc21)NC(=O)NC12CC3CC(CC(C3)C1)C2. The summed E-state index contributed by atoms with van der Waals surface area (Å²) in [5.74, 6) is 3.15. The molecule has 1 aromatic carbocycles. The lowest BCUT2D eigenvalue weighted by atomic mass is 9.53. The number of urea groups is 1. The molecule has 1 aliphatic heterocycles. The van der Waals surface area contributed by atoms with Gasteiger partial charge in [-0.2, -0.15) is 0 Å². The summed E-state index contributed by atoms with van der Waals surface area (Å²) in [6.45, 7) is 1.07. The molecule has 0 atom stereocenters. The molecule has 0 radical (unpaired) electrons. The van der Waals surface area contributed by atoms with Crippen LogP contribution in [-0.2, 0) is 4.79 Å². The van der Waals surface area contributed by atoms with E-state index < -0.39 is 0 Å². The standard InChI is InChI=1S/C22H29N3O2S/c26-20(14-25-6-3-7-28-19-5-2-1-4-18(19)25)23-21(27)24-22-11-15-8-16(12-22)10-17(9-15)13-22/h1-2,4-5,15-17H,3,6-14H2,(H2,23,24,26,27). The number of benzene rings is 1. The first kappa shape index (κ1) is 18.3. The maximum atomic E-state index is 12.6. The second-order valence-corrected chi connectivity index (χ2v) is 10.4. The summed E-state index contributed by atoms with van der Waals surface area (Å²) in [5, 5.41) is 5.85. The number of anilines is 1. The molecule has 2 N–H and O–H groups in total. The quantitative estimate of drug-likeness (QED) is 0.812. The Hall–Kier alpha value is -1.69. The number of nitrogens with one attached hydrogen (secondary N) is 2. The number of hydrogen-bond acceptors (Lipinski definition) is 4. The third kappa shape index (κ3) is 3.63. The van der Waals surface area contributed by atoms with Gasteiger partial charge in [-0.15, -0.1) is 11.8 Å². The predicted octanol–water partition coefficient (Wildman–Crippen LogP) is 3.78. The number of amides is 3. The number of thioether (sulfide) groups is 1. The number of rotatable bonds is 3. The van der Waals surface area contributed by atoms with Crippen molar-refractivity contribution in [3.63, 3.8) is 0 Å². The third-order valence-electron chi connectivity index (χ3n) is 7.04. The molecule has 0 unspecified atom stereocenters. The van der Waals surface area contributed by atoms with Crippen molar-refractivity contribution in [2.75, 3.05) is 23.7 Å². The van der Waals surface area contributed by atoms with Gasteiger partial charge in [0.15, 0.2) is 0 Å². The average Bonchev–Trinajstić information content (AvgIpc) is 2.82. The molecular weight excluding hydrogens is 370 g/mol. The normalized spacial score (nSPS) is 33.1. The van der Waals surface area contributed by atoms with E-state index in [9.17, 15) is 9.59 Å². The summed E-state index contributed by atoms with van der Waals surface area (Å²) < 4.78 is 0. The molecule has 6 heteroatoms. The molecule has 0 saturated heterocycles. The maximum absolute atomic E-state index is 12.6. The summed E-state index contributed by atoms with van der Waals surface area (Å²) in [6, 6.07) is 7.92. The largest absolute Gasteiger partial charge is 0.361 e. The van der Waals surface area contributed by atoms with Crippen LogP contribution in [0.15, 0.2) is 29.2 Å². The van der Waals surface area contributed by atoms with Gasteiger partial charge in [0.1, 0.15) is 0 Å². The van der Waals surface area contributed by atoms with Crippen LogP contribution in [0.5, 0.6) is 0 Å². The summed E-state index contributed by atoms with van der Waals surface area (Å²) in [4.78, 5) is 28.6. The molecule has 28 heavy (non-hydrogen) atoms. The minimum Gasteiger partial charge on any atom is -0.361 e. The zero-order valence-electron chi connectivity index (χ0n) is 16.3. The molecule has 0 aromatic heterocycles. The molecule has 6 rings (SSSR count).